The number of hydrogen-bond acceptors (Lipinski definition) is 4. The lowest BCUT2D eigenvalue weighted by Crippen LogP contribution is -2.47. The summed E-state index contributed by atoms with van der Waals surface area (Å²) in [6.45, 7) is 9.33. The van der Waals surface area contributed by atoms with E-state index in [1.807, 2.05) is 20.8 Å². The van der Waals surface area contributed by atoms with E-state index >= 15 is 0 Å². The van der Waals surface area contributed by atoms with Gasteiger partial charge in [-0.05, 0) is 40.0 Å². The maximum absolute atomic E-state index is 10.9. The zero-order valence-electron chi connectivity index (χ0n) is 12.0. The van der Waals surface area contributed by atoms with Crippen LogP contribution in [0.4, 0.5) is 0 Å². The van der Waals surface area contributed by atoms with Crippen LogP contribution in [0.2, 0.25) is 0 Å². The van der Waals surface area contributed by atoms with Crippen molar-refractivity contribution in [3.8, 4) is 0 Å². The molecule has 108 valence electrons. The van der Waals surface area contributed by atoms with Gasteiger partial charge < -0.3 is 20.3 Å². The summed E-state index contributed by atoms with van der Waals surface area (Å²) >= 11 is 0. The van der Waals surface area contributed by atoms with Crippen molar-refractivity contribution in [2.24, 2.45) is 5.73 Å². The van der Waals surface area contributed by atoms with Gasteiger partial charge in [-0.15, -0.1) is 0 Å². The number of ether oxygens (including phenoxy) is 2. The Hall–Kier alpha value is -0.650. The summed E-state index contributed by atoms with van der Waals surface area (Å²) in [5.74, 6) is -0.943. The van der Waals surface area contributed by atoms with Crippen molar-refractivity contribution < 1.29 is 19.4 Å². The standard InChI is InChI=1S/C13H27NO4/c1-5-13(14,11(15)16)7-6-8-17-9-10-18-12(2,3)4/h5-10,14H2,1-4H3,(H,15,16). The van der Waals surface area contributed by atoms with Gasteiger partial charge in [0.05, 0.1) is 18.8 Å². The normalized spacial score (nSPS) is 15.4. The van der Waals surface area contributed by atoms with Gasteiger partial charge in [-0.25, -0.2) is 0 Å². The number of aliphatic carboxylic acids is 1. The van der Waals surface area contributed by atoms with E-state index in [4.69, 9.17) is 20.3 Å². The fourth-order valence-electron chi connectivity index (χ4n) is 1.43. The second-order valence-electron chi connectivity index (χ2n) is 5.49. The molecule has 0 amide bonds. The fourth-order valence-corrected chi connectivity index (χ4v) is 1.43. The maximum Gasteiger partial charge on any atom is 0.323 e. The van der Waals surface area contributed by atoms with Crippen LogP contribution in [-0.2, 0) is 14.3 Å². The number of carboxylic acids is 1. The zero-order valence-corrected chi connectivity index (χ0v) is 12.0. The number of carboxylic acid groups (broad SMARTS) is 1. The molecule has 0 bridgehead atoms. The largest absolute Gasteiger partial charge is 0.480 e. The van der Waals surface area contributed by atoms with Crippen LogP contribution in [0.1, 0.15) is 47.0 Å². The van der Waals surface area contributed by atoms with Gasteiger partial charge in [0.2, 0.25) is 0 Å². The molecule has 0 aliphatic rings. The van der Waals surface area contributed by atoms with Gasteiger partial charge in [-0.3, -0.25) is 4.79 Å². The Morgan fingerprint density at radius 1 is 1.22 bits per heavy atom. The summed E-state index contributed by atoms with van der Waals surface area (Å²) in [4.78, 5) is 10.9. The molecule has 5 heteroatoms. The predicted octanol–water partition coefficient (Wildman–Crippen LogP) is 1.79. The Kier molecular flexibility index (Phi) is 7.43. The Morgan fingerprint density at radius 2 is 1.83 bits per heavy atom. The van der Waals surface area contributed by atoms with Crippen molar-refractivity contribution in [3.63, 3.8) is 0 Å². The molecule has 5 nitrogen and oxygen atoms in total. The molecule has 0 aromatic carbocycles. The van der Waals surface area contributed by atoms with E-state index in [9.17, 15) is 4.79 Å². The summed E-state index contributed by atoms with van der Waals surface area (Å²) in [5, 5.41) is 8.98. The first-order valence-electron chi connectivity index (χ1n) is 6.45. The molecule has 0 aliphatic heterocycles. The van der Waals surface area contributed by atoms with E-state index in [1.165, 1.54) is 0 Å². The van der Waals surface area contributed by atoms with E-state index in [1.54, 1.807) is 6.92 Å². The summed E-state index contributed by atoms with van der Waals surface area (Å²) in [6.07, 6.45) is 1.50. The molecule has 0 rings (SSSR count). The van der Waals surface area contributed by atoms with E-state index in [-0.39, 0.29) is 5.60 Å². The minimum Gasteiger partial charge on any atom is -0.480 e. The maximum atomic E-state index is 10.9. The van der Waals surface area contributed by atoms with Crippen LogP contribution in [-0.4, -0.2) is 42.0 Å². The Bertz CT molecular complexity index is 250. The highest BCUT2D eigenvalue weighted by molar-refractivity contribution is 5.78. The van der Waals surface area contributed by atoms with E-state index < -0.39 is 11.5 Å². The highest BCUT2D eigenvalue weighted by Gasteiger charge is 2.30. The Balaban J connectivity index is 3.60. The molecule has 3 N–H and O–H groups in total. The quantitative estimate of drug-likeness (QED) is 0.618. The Labute approximate surface area is 110 Å². The smallest absolute Gasteiger partial charge is 0.323 e. The van der Waals surface area contributed by atoms with Crippen LogP contribution in [0, 0.1) is 0 Å². The SMILES string of the molecule is CCC(N)(CCCOCCOC(C)(C)C)C(=O)O. The molecule has 1 unspecified atom stereocenters. The van der Waals surface area contributed by atoms with Gasteiger partial charge in [0.1, 0.15) is 5.54 Å². The molecule has 0 spiro atoms. The summed E-state index contributed by atoms with van der Waals surface area (Å²) in [7, 11) is 0. The second kappa shape index (κ2) is 7.71. The molecule has 0 aliphatic carbocycles. The van der Waals surface area contributed by atoms with Gasteiger partial charge in [0, 0.05) is 6.61 Å². The lowest BCUT2D eigenvalue weighted by molar-refractivity contribution is -0.143. The molecule has 0 saturated carbocycles. The molecule has 1 atom stereocenters. The van der Waals surface area contributed by atoms with E-state index in [0.29, 0.717) is 39.1 Å². The number of carbonyl (C=O) groups is 1. The minimum absolute atomic E-state index is 0.151. The third kappa shape index (κ3) is 7.63. The van der Waals surface area contributed by atoms with Crippen LogP contribution in [0.15, 0.2) is 0 Å². The highest BCUT2D eigenvalue weighted by Crippen LogP contribution is 2.14. The molecule has 0 aromatic heterocycles. The molecule has 0 fully saturated rings. The van der Waals surface area contributed by atoms with Gasteiger partial charge in [0.15, 0.2) is 0 Å². The van der Waals surface area contributed by atoms with Crippen molar-refractivity contribution in [2.45, 2.75) is 58.1 Å². The number of hydrogen-bond donors (Lipinski definition) is 2. The van der Waals surface area contributed by atoms with Crippen LogP contribution in [0.5, 0.6) is 0 Å². The van der Waals surface area contributed by atoms with Crippen molar-refractivity contribution in [1.29, 1.82) is 0 Å². The van der Waals surface area contributed by atoms with E-state index in [0.717, 1.165) is 0 Å². The first-order chi connectivity index (χ1) is 8.21. The number of rotatable bonds is 9. The van der Waals surface area contributed by atoms with Crippen molar-refractivity contribution in [2.75, 3.05) is 19.8 Å². The van der Waals surface area contributed by atoms with Gasteiger partial charge >= 0.3 is 5.97 Å². The Morgan fingerprint density at radius 3 is 2.28 bits per heavy atom. The van der Waals surface area contributed by atoms with Crippen molar-refractivity contribution in [3.05, 3.63) is 0 Å². The third-order valence-corrected chi connectivity index (χ3v) is 2.73. The van der Waals surface area contributed by atoms with Crippen LogP contribution in [0.25, 0.3) is 0 Å². The first-order valence-corrected chi connectivity index (χ1v) is 6.45. The van der Waals surface area contributed by atoms with Gasteiger partial charge in [-0.2, -0.15) is 0 Å². The predicted molar refractivity (Wildman–Crippen MR) is 70.6 cm³/mol. The topological polar surface area (TPSA) is 81.8 Å². The molecule has 0 aromatic rings. The minimum atomic E-state index is -1.12. The molecular weight excluding hydrogens is 234 g/mol. The number of nitrogens with two attached hydrogens (primary N) is 1. The van der Waals surface area contributed by atoms with Crippen LogP contribution >= 0.6 is 0 Å². The average Bonchev–Trinajstić information content (AvgIpc) is 2.25. The lowest BCUT2D eigenvalue weighted by atomic mass is 9.92. The summed E-state index contributed by atoms with van der Waals surface area (Å²) in [5.41, 5.74) is 4.49. The monoisotopic (exact) mass is 261 g/mol. The molecule has 0 heterocycles. The van der Waals surface area contributed by atoms with E-state index in [2.05, 4.69) is 0 Å². The first kappa shape index (κ1) is 17.4. The molecule has 0 saturated heterocycles. The average molecular weight is 261 g/mol. The fraction of sp³-hybridized carbons (Fsp3) is 0.923. The summed E-state index contributed by atoms with van der Waals surface area (Å²) < 4.78 is 10.9. The molecule has 18 heavy (non-hydrogen) atoms. The third-order valence-electron chi connectivity index (χ3n) is 2.73. The second-order valence-corrected chi connectivity index (χ2v) is 5.49. The van der Waals surface area contributed by atoms with Crippen molar-refractivity contribution >= 4 is 5.97 Å². The summed E-state index contributed by atoms with van der Waals surface area (Å²) in [6, 6.07) is 0. The highest BCUT2D eigenvalue weighted by atomic mass is 16.5. The van der Waals surface area contributed by atoms with Gasteiger partial charge in [0.25, 0.3) is 0 Å². The lowest BCUT2D eigenvalue weighted by Gasteiger charge is -2.22. The van der Waals surface area contributed by atoms with Crippen molar-refractivity contribution in [1.82, 2.24) is 0 Å². The van der Waals surface area contributed by atoms with Gasteiger partial charge in [-0.1, -0.05) is 6.92 Å². The zero-order chi connectivity index (χ0) is 14.2. The van der Waals surface area contributed by atoms with Crippen LogP contribution < -0.4 is 5.73 Å². The molecular formula is C13H27NO4. The molecule has 0 radical (unpaired) electrons. The van der Waals surface area contributed by atoms with Crippen LogP contribution in [0.3, 0.4) is 0 Å².